The van der Waals surface area contributed by atoms with Crippen LogP contribution < -0.4 is 55.5 Å². The van der Waals surface area contributed by atoms with Crippen LogP contribution in [-0.2, 0) is 13.2 Å². The molecule has 39 heavy (non-hydrogen) atoms. The van der Waals surface area contributed by atoms with Crippen molar-refractivity contribution in [2.45, 2.75) is 59.8 Å². The van der Waals surface area contributed by atoms with Gasteiger partial charge in [-0.3, -0.25) is 9.53 Å². The molecule has 0 atom stereocenters. The van der Waals surface area contributed by atoms with Crippen molar-refractivity contribution in [3.05, 3.63) is 103 Å². The molecule has 0 spiro atoms. The second kappa shape index (κ2) is 12.9. The van der Waals surface area contributed by atoms with Gasteiger partial charge in [0.05, 0.1) is 12.2 Å². The summed E-state index contributed by atoms with van der Waals surface area (Å²) in [5, 5.41) is 9.93. The minimum atomic E-state index is -0.899. The van der Waals surface area contributed by atoms with Crippen molar-refractivity contribution in [2.24, 2.45) is 0 Å². The van der Waals surface area contributed by atoms with Gasteiger partial charge in [-0.25, -0.2) is 4.79 Å². The number of benzene rings is 3. The van der Waals surface area contributed by atoms with E-state index >= 15 is 0 Å². The molecule has 4 aromatic rings. The smallest absolute Gasteiger partial charge is 0.493 e. The van der Waals surface area contributed by atoms with Gasteiger partial charge >= 0.3 is 35.3 Å². The Morgan fingerprint density at radius 2 is 1.62 bits per heavy atom. The van der Waals surface area contributed by atoms with Crippen molar-refractivity contribution in [3.63, 3.8) is 0 Å². The molecule has 0 aliphatic rings. The molecule has 4 rings (SSSR count). The molecular weight excluding hydrogens is 507 g/mol. The van der Waals surface area contributed by atoms with E-state index in [1.807, 2.05) is 42.5 Å². The Bertz CT molecular complexity index is 1500. The van der Waals surface area contributed by atoms with Crippen LogP contribution in [0.1, 0.15) is 48.1 Å². The van der Waals surface area contributed by atoms with E-state index in [9.17, 15) is 14.7 Å². The second-order valence-electron chi connectivity index (χ2n) is 10.2. The first kappa shape index (κ1) is 30.5. The predicted octanol–water partition coefficient (Wildman–Crippen LogP) is 1.52. The third-order valence-electron chi connectivity index (χ3n) is 6.44. The molecule has 0 saturated carbocycles. The zero-order chi connectivity index (χ0) is 27.4. The van der Waals surface area contributed by atoms with Crippen LogP contribution in [0, 0.1) is 20.8 Å². The molecule has 3 aromatic carbocycles. The maximum absolute atomic E-state index is 11.6. The molecule has 0 amide bonds. The van der Waals surface area contributed by atoms with Crippen molar-refractivity contribution >= 4 is 0 Å². The van der Waals surface area contributed by atoms with Crippen LogP contribution in [-0.4, -0.2) is 22.1 Å². The molecule has 0 aliphatic carbocycles. The summed E-state index contributed by atoms with van der Waals surface area (Å²) in [6.07, 6.45) is 0.556. The number of ether oxygens (including phenoxy) is 2. The number of aromatic nitrogens is 2. The van der Waals surface area contributed by atoms with Crippen LogP contribution >= 0.6 is 0 Å². The van der Waals surface area contributed by atoms with Gasteiger partial charge in [-0.1, -0.05) is 30.3 Å². The average Bonchev–Trinajstić information content (AvgIpc) is 3.15. The van der Waals surface area contributed by atoms with Gasteiger partial charge in [-0.2, -0.15) is 0 Å². The molecule has 1 aromatic heterocycles. The van der Waals surface area contributed by atoms with Crippen LogP contribution in [0.25, 0.3) is 11.1 Å². The zero-order valence-corrected chi connectivity index (χ0v) is 25.4. The number of aryl methyl sites for hydroxylation is 2. The summed E-state index contributed by atoms with van der Waals surface area (Å²) in [5.41, 5.74) is 6.10. The largest absolute Gasteiger partial charge is 1.00 e. The number of aliphatic hydroxyl groups is 1. The molecule has 8 nitrogen and oxygen atoms in total. The first-order chi connectivity index (χ1) is 18.0. The summed E-state index contributed by atoms with van der Waals surface area (Å²) in [4.78, 5) is 25.9. The van der Waals surface area contributed by atoms with Crippen LogP contribution in [0.4, 0.5) is 0 Å². The minimum Gasteiger partial charge on any atom is -0.493 e. The summed E-state index contributed by atoms with van der Waals surface area (Å²) in [6, 6.07) is 17.6. The molecule has 200 valence electrons. The van der Waals surface area contributed by atoms with E-state index in [2.05, 4.69) is 37.9 Å². The van der Waals surface area contributed by atoms with Crippen LogP contribution in [0.15, 0.2) is 68.7 Å². The van der Waals surface area contributed by atoms with Gasteiger partial charge in [0.25, 0.3) is 0 Å². The van der Waals surface area contributed by atoms with Crippen LogP contribution in [0.3, 0.4) is 0 Å². The summed E-state index contributed by atoms with van der Waals surface area (Å²) >= 11 is 0. The number of hydrogen-bond donors (Lipinski definition) is 1. The summed E-state index contributed by atoms with van der Waals surface area (Å²) in [7, 11) is 0. The SMILES string of the molecule is Cc1cc(OCCC(C)(C)O)cc(C)c1-c1cccc(COc2ccc(Cn3oc(=O)[n-]c3=O)cc2)c1C.[Na+]. The van der Waals surface area contributed by atoms with E-state index in [4.69, 9.17) is 14.0 Å². The minimum absolute atomic E-state index is 0. The average molecular weight is 541 g/mol. The predicted molar refractivity (Wildman–Crippen MR) is 145 cm³/mol. The number of nitrogens with zero attached hydrogens (tertiary/aromatic N) is 2. The molecule has 1 N–H and O–H groups in total. The zero-order valence-electron chi connectivity index (χ0n) is 23.4. The Balaban J connectivity index is 0.00000420. The van der Waals surface area contributed by atoms with Gasteiger partial charge in [-0.05, 0) is 97.8 Å². The van der Waals surface area contributed by atoms with Gasteiger partial charge < -0.3 is 24.1 Å². The molecule has 1 heterocycles. The van der Waals surface area contributed by atoms with E-state index in [1.54, 1.807) is 13.8 Å². The Labute approximate surface area is 249 Å². The van der Waals surface area contributed by atoms with E-state index in [-0.39, 0.29) is 36.1 Å². The van der Waals surface area contributed by atoms with Crippen molar-refractivity contribution in [3.8, 4) is 22.6 Å². The molecule has 0 saturated heterocycles. The Morgan fingerprint density at radius 1 is 0.949 bits per heavy atom. The molecule has 0 unspecified atom stereocenters. The topological polar surface area (TPSA) is 105 Å². The first-order valence-corrected chi connectivity index (χ1v) is 12.5. The fourth-order valence-corrected chi connectivity index (χ4v) is 4.37. The van der Waals surface area contributed by atoms with E-state index in [0.717, 1.165) is 43.9 Å². The summed E-state index contributed by atoms with van der Waals surface area (Å²) < 4.78 is 17.6. The molecule has 9 heteroatoms. The van der Waals surface area contributed by atoms with Gasteiger partial charge in [-0.15, -0.1) is 0 Å². The van der Waals surface area contributed by atoms with E-state index in [0.29, 0.717) is 25.4 Å². The van der Waals surface area contributed by atoms with Crippen molar-refractivity contribution in [1.82, 2.24) is 9.72 Å². The Hall–Kier alpha value is -3.04. The monoisotopic (exact) mass is 540 g/mol. The van der Waals surface area contributed by atoms with Gasteiger partial charge in [0.2, 0.25) is 0 Å². The fourth-order valence-electron chi connectivity index (χ4n) is 4.37. The van der Waals surface area contributed by atoms with E-state index in [1.165, 1.54) is 5.56 Å². The fraction of sp³-hybridized carbons (Fsp3) is 0.333. The molecular formula is C30H33N2NaO6. The maximum Gasteiger partial charge on any atom is 1.00 e. The molecule has 0 fully saturated rings. The summed E-state index contributed by atoms with van der Waals surface area (Å²) in [5.74, 6) is 0.590. The first-order valence-electron chi connectivity index (χ1n) is 12.5. The van der Waals surface area contributed by atoms with Crippen LogP contribution in [0.2, 0.25) is 0 Å². The quantitative estimate of drug-likeness (QED) is 0.304. The third-order valence-corrected chi connectivity index (χ3v) is 6.44. The van der Waals surface area contributed by atoms with Crippen molar-refractivity contribution in [1.29, 1.82) is 0 Å². The maximum atomic E-state index is 11.6. The number of hydrogen-bond acceptors (Lipinski definition) is 6. The second-order valence-corrected chi connectivity index (χ2v) is 10.2. The van der Waals surface area contributed by atoms with Gasteiger partial charge in [0, 0.05) is 13.0 Å². The Morgan fingerprint density at radius 3 is 2.21 bits per heavy atom. The summed E-state index contributed by atoms with van der Waals surface area (Å²) in [6.45, 7) is 10.8. The Kier molecular flexibility index (Phi) is 10.1. The molecule has 0 aliphatic heterocycles. The third kappa shape index (κ3) is 7.99. The molecule has 0 bridgehead atoms. The standard InChI is InChI=1S/C30H34N2O6.Na/c1-19-15-25(36-14-13-30(4,5)35)16-20(2)27(19)26-8-6-7-23(21(26)3)18-37-24-11-9-22(10-12-24)17-32-28(33)31-29(34)38-32;/h6-12,15-16,35H,13-14,17-18H2,1-5H3,(H,31,33,34);/q;+1/p-1. The van der Waals surface area contributed by atoms with Crippen molar-refractivity contribution in [2.75, 3.05) is 6.61 Å². The van der Waals surface area contributed by atoms with Gasteiger partial charge in [0.1, 0.15) is 18.1 Å². The van der Waals surface area contributed by atoms with Crippen molar-refractivity contribution < 1.29 is 48.7 Å². The van der Waals surface area contributed by atoms with Crippen LogP contribution in [0.5, 0.6) is 11.5 Å². The van der Waals surface area contributed by atoms with E-state index < -0.39 is 17.0 Å². The number of rotatable bonds is 10. The van der Waals surface area contributed by atoms with Gasteiger partial charge in [0.15, 0.2) is 5.69 Å². The normalized spacial score (nSPS) is 11.2. The molecule has 0 radical (unpaired) electrons.